The monoisotopic (exact) mass is 351 g/mol. The number of thiocarbonyl (C=S) groups is 1. The highest BCUT2D eigenvalue weighted by atomic mass is 32.1. The minimum Gasteiger partial charge on any atom is -0.497 e. The lowest BCUT2D eigenvalue weighted by Gasteiger charge is -2.26. The Morgan fingerprint density at radius 3 is 2.80 bits per heavy atom. The number of hydrogen-bond acceptors (Lipinski definition) is 4. The number of anilines is 1. The third-order valence-corrected chi connectivity index (χ3v) is 4.58. The van der Waals surface area contributed by atoms with Gasteiger partial charge in [0.25, 0.3) is 0 Å². The van der Waals surface area contributed by atoms with Crippen molar-refractivity contribution >= 4 is 23.0 Å². The Labute approximate surface area is 151 Å². The van der Waals surface area contributed by atoms with E-state index in [1.165, 1.54) is 0 Å². The Balaban J connectivity index is 1.80. The summed E-state index contributed by atoms with van der Waals surface area (Å²) in [4.78, 5) is 6.55. The Bertz CT molecular complexity index is 867. The largest absolute Gasteiger partial charge is 0.497 e. The average Bonchev–Trinajstić information content (AvgIpc) is 3.30. The Morgan fingerprint density at radius 1 is 1.16 bits per heavy atom. The lowest BCUT2D eigenvalue weighted by molar-refractivity contribution is 0.414. The molecule has 6 heteroatoms. The minimum absolute atomic E-state index is 0.106. The fraction of sp³-hybridized carbons (Fsp3) is 0.158. The summed E-state index contributed by atoms with van der Waals surface area (Å²) in [6.07, 6.45) is 3.46. The van der Waals surface area contributed by atoms with Gasteiger partial charge in [0.05, 0.1) is 25.1 Å². The van der Waals surface area contributed by atoms with Crippen LogP contribution in [0.5, 0.6) is 5.75 Å². The van der Waals surface area contributed by atoms with Gasteiger partial charge in [0.2, 0.25) is 0 Å². The standard InChI is InChI=1S/C19H17N3O2S/c1-23-14-7-4-6-13(12-14)22-18(16-9-5-11-24-16)17(21-19(22)25)15-8-2-3-10-20-15/h2-12,17-18H,1H3,(H,21,25)/t17-,18-/m0/s1. The van der Waals surface area contributed by atoms with E-state index in [1.807, 2.05) is 54.6 Å². The molecule has 3 heterocycles. The van der Waals surface area contributed by atoms with Crippen molar-refractivity contribution in [3.8, 4) is 5.75 Å². The van der Waals surface area contributed by atoms with Crippen molar-refractivity contribution in [3.05, 3.63) is 78.5 Å². The second-order valence-corrected chi connectivity index (χ2v) is 6.10. The van der Waals surface area contributed by atoms with Gasteiger partial charge in [-0.3, -0.25) is 4.98 Å². The smallest absolute Gasteiger partial charge is 0.174 e. The van der Waals surface area contributed by atoms with Crippen LogP contribution in [-0.4, -0.2) is 17.2 Å². The molecular weight excluding hydrogens is 334 g/mol. The predicted octanol–water partition coefficient (Wildman–Crippen LogP) is 3.86. The zero-order valence-corrected chi connectivity index (χ0v) is 14.4. The van der Waals surface area contributed by atoms with Crippen LogP contribution in [0.25, 0.3) is 0 Å². The molecule has 2 atom stereocenters. The zero-order chi connectivity index (χ0) is 17.2. The molecular formula is C19H17N3O2S. The summed E-state index contributed by atoms with van der Waals surface area (Å²) in [5.74, 6) is 1.60. The van der Waals surface area contributed by atoms with Gasteiger partial charge in [-0.25, -0.2) is 0 Å². The first-order valence-electron chi connectivity index (χ1n) is 7.96. The van der Waals surface area contributed by atoms with E-state index < -0.39 is 0 Å². The fourth-order valence-corrected chi connectivity index (χ4v) is 3.49. The maximum absolute atomic E-state index is 5.73. The number of ether oxygens (including phenoxy) is 1. The summed E-state index contributed by atoms with van der Waals surface area (Å²) in [5.41, 5.74) is 1.85. The molecule has 0 aliphatic carbocycles. The summed E-state index contributed by atoms with van der Waals surface area (Å²) in [7, 11) is 1.65. The lowest BCUT2D eigenvalue weighted by atomic mass is 10.0. The first-order valence-corrected chi connectivity index (χ1v) is 8.37. The quantitative estimate of drug-likeness (QED) is 0.721. The summed E-state index contributed by atoms with van der Waals surface area (Å²) in [6, 6.07) is 17.3. The number of nitrogens with zero attached hydrogens (tertiary/aromatic N) is 2. The van der Waals surface area contributed by atoms with E-state index in [1.54, 1.807) is 19.6 Å². The van der Waals surface area contributed by atoms with E-state index in [4.69, 9.17) is 21.4 Å². The van der Waals surface area contributed by atoms with Gasteiger partial charge in [-0.05, 0) is 48.6 Å². The van der Waals surface area contributed by atoms with Crippen LogP contribution in [0.2, 0.25) is 0 Å². The van der Waals surface area contributed by atoms with E-state index in [0.29, 0.717) is 5.11 Å². The fourth-order valence-electron chi connectivity index (χ4n) is 3.14. The minimum atomic E-state index is -0.135. The van der Waals surface area contributed by atoms with Crippen molar-refractivity contribution < 1.29 is 9.15 Å². The lowest BCUT2D eigenvalue weighted by Crippen LogP contribution is -2.29. The molecule has 1 aliphatic heterocycles. The summed E-state index contributed by atoms with van der Waals surface area (Å²) >= 11 is 5.63. The predicted molar refractivity (Wildman–Crippen MR) is 99.6 cm³/mol. The highest BCUT2D eigenvalue weighted by Crippen LogP contribution is 2.42. The SMILES string of the molecule is COc1cccc(N2C(=S)N[C@@H](c3ccccn3)[C@@H]2c2ccco2)c1. The maximum Gasteiger partial charge on any atom is 0.174 e. The molecule has 3 aromatic rings. The summed E-state index contributed by atoms with van der Waals surface area (Å²) < 4.78 is 11.1. The van der Waals surface area contributed by atoms with Crippen LogP contribution < -0.4 is 15.0 Å². The van der Waals surface area contributed by atoms with E-state index in [0.717, 1.165) is 22.9 Å². The van der Waals surface area contributed by atoms with E-state index in [-0.39, 0.29) is 12.1 Å². The third-order valence-electron chi connectivity index (χ3n) is 4.26. The molecule has 25 heavy (non-hydrogen) atoms. The number of hydrogen-bond donors (Lipinski definition) is 1. The molecule has 4 rings (SSSR count). The molecule has 126 valence electrons. The summed E-state index contributed by atoms with van der Waals surface area (Å²) in [6.45, 7) is 0. The number of benzene rings is 1. The zero-order valence-electron chi connectivity index (χ0n) is 13.6. The maximum atomic E-state index is 5.73. The van der Waals surface area contributed by atoms with Crippen LogP contribution in [0.1, 0.15) is 23.5 Å². The second kappa shape index (κ2) is 6.57. The van der Waals surface area contributed by atoms with Gasteiger partial charge in [0.15, 0.2) is 5.11 Å². The van der Waals surface area contributed by atoms with Crippen LogP contribution in [0.3, 0.4) is 0 Å². The van der Waals surface area contributed by atoms with Crippen molar-refractivity contribution in [1.82, 2.24) is 10.3 Å². The molecule has 2 aromatic heterocycles. The van der Waals surface area contributed by atoms with Gasteiger partial charge in [-0.15, -0.1) is 0 Å². The van der Waals surface area contributed by atoms with Crippen LogP contribution in [-0.2, 0) is 0 Å². The first-order chi connectivity index (χ1) is 12.3. The molecule has 1 N–H and O–H groups in total. The first kappa shape index (κ1) is 15.7. The Hall–Kier alpha value is -2.86. The van der Waals surface area contributed by atoms with Crippen molar-refractivity contribution in [2.24, 2.45) is 0 Å². The van der Waals surface area contributed by atoms with Crippen LogP contribution in [0, 0.1) is 0 Å². The van der Waals surface area contributed by atoms with Gasteiger partial charge in [-0.2, -0.15) is 0 Å². The second-order valence-electron chi connectivity index (χ2n) is 5.71. The highest BCUT2D eigenvalue weighted by Gasteiger charge is 2.42. The third kappa shape index (κ3) is 2.85. The van der Waals surface area contributed by atoms with Crippen molar-refractivity contribution in [1.29, 1.82) is 0 Å². The molecule has 1 saturated heterocycles. The number of furan rings is 1. The van der Waals surface area contributed by atoms with Gasteiger partial charge in [0.1, 0.15) is 17.6 Å². The molecule has 5 nitrogen and oxygen atoms in total. The molecule has 0 saturated carbocycles. The van der Waals surface area contributed by atoms with Gasteiger partial charge >= 0.3 is 0 Å². The number of pyridine rings is 1. The van der Waals surface area contributed by atoms with Crippen molar-refractivity contribution in [3.63, 3.8) is 0 Å². The molecule has 0 spiro atoms. The van der Waals surface area contributed by atoms with Gasteiger partial charge in [0, 0.05) is 18.0 Å². The van der Waals surface area contributed by atoms with Gasteiger partial charge in [-0.1, -0.05) is 12.1 Å². The average molecular weight is 351 g/mol. The van der Waals surface area contributed by atoms with Crippen molar-refractivity contribution in [2.45, 2.75) is 12.1 Å². The Morgan fingerprint density at radius 2 is 2.08 bits per heavy atom. The Kier molecular flexibility index (Phi) is 4.11. The molecule has 1 aliphatic rings. The molecule has 1 fully saturated rings. The van der Waals surface area contributed by atoms with Crippen LogP contribution in [0.4, 0.5) is 5.69 Å². The molecule has 0 unspecified atom stereocenters. The van der Waals surface area contributed by atoms with E-state index >= 15 is 0 Å². The van der Waals surface area contributed by atoms with Gasteiger partial charge < -0.3 is 19.4 Å². The highest BCUT2D eigenvalue weighted by molar-refractivity contribution is 7.80. The molecule has 0 radical (unpaired) electrons. The van der Waals surface area contributed by atoms with Crippen LogP contribution >= 0.6 is 12.2 Å². The number of rotatable bonds is 4. The number of methoxy groups -OCH3 is 1. The molecule has 0 amide bonds. The number of nitrogens with one attached hydrogen (secondary N) is 1. The van der Waals surface area contributed by atoms with Crippen LogP contribution in [0.15, 0.2) is 71.5 Å². The normalized spacial score (nSPS) is 19.7. The summed E-state index contributed by atoms with van der Waals surface area (Å²) in [5, 5.41) is 4.02. The number of aromatic nitrogens is 1. The van der Waals surface area contributed by atoms with E-state index in [2.05, 4.69) is 15.2 Å². The molecule has 1 aromatic carbocycles. The molecule has 0 bridgehead atoms. The topological polar surface area (TPSA) is 50.5 Å². The van der Waals surface area contributed by atoms with E-state index in [9.17, 15) is 0 Å². The van der Waals surface area contributed by atoms with Crippen molar-refractivity contribution in [2.75, 3.05) is 12.0 Å².